The van der Waals surface area contributed by atoms with Gasteiger partial charge in [0, 0.05) is 0 Å². The summed E-state index contributed by atoms with van der Waals surface area (Å²) in [4.78, 5) is 0. The van der Waals surface area contributed by atoms with Crippen molar-refractivity contribution in [1.82, 2.24) is 10.0 Å². The van der Waals surface area contributed by atoms with Crippen LogP contribution in [0.4, 0.5) is 0 Å². The summed E-state index contributed by atoms with van der Waals surface area (Å²) in [7, 11) is -1.54. The maximum Gasteiger partial charge on any atom is 0.216 e. The standard InChI is InChI=1S/C11H18N2O2S/c1-3-10-4-6-11(7-5-10)8-16(14,15)13-9-12-2/h4-7,12-13H,3,8-9H2,1-2H3. The van der Waals surface area contributed by atoms with Crippen molar-refractivity contribution in [3.05, 3.63) is 35.4 Å². The van der Waals surface area contributed by atoms with Gasteiger partial charge in [-0.2, -0.15) is 0 Å². The molecule has 0 aliphatic carbocycles. The summed E-state index contributed by atoms with van der Waals surface area (Å²) >= 11 is 0. The first-order chi connectivity index (χ1) is 7.57. The molecule has 0 fully saturated rings. The van der Waals surface area contributed by atoms with Gasteiger partial charge in [-0.05, 0) is 24.6 Å². The molecule has 0 radical (unpaired) electrons. The Morgan fingerprint density at radius 3 is 2.19 bits per heavy atom. The number of nitrogens with one attached hydrogen (secondary N) is 2. The van der Waals surface area contributed by atoms with E-state index in [2.05, 4.69) is 17.0 Å². The Bertz CT molecular complexity index is 412. The predicted molar refractivity (Wildman–Crippen MR) is 65.5 cm³/mol. The minimum absolute atomic E-state index is 0.0265. The molecule has 0 unspecified atom stereocenters. The van der Waals surface area contributed by atoms with Crippen molar-refractivity contribution in [2.45, 2.75) is 19.1 Å². The molecule has 0 amide bonds. The lowest BCUT2D eigenvalue weighted by Gasteiger charge is -2.06. The Balaban J connectivity index is 2.65. The van der Waals surface area contributed by atoms with Crippen molar-refractivity contribution < 1.29 is 8.42 Å². The minimum atomic E-state index is -3.23. The third kappa shape index (κ3) is 4.30. The van der Waals surface area contributed by atoms with Crippen LogP contribution in [0.5, 0.6) is 0 Å². The highest BCUT2D eigenvalue weighted by atomic mass is 32.2. The molecule has 0 heterocycles. The Kier molecular flexibility index (Phi) is 4.92. The first-order valence-electron chi connectivity index (χ1n) is 5.27. The van der Waals surface area contributed by atoms with Gasteiger partial charge in [0.2, 0.25) is 10.0 Å². The van der Waals surface area contributed by atoms with Crippen LogP contribution in [0.3, 0.4) is 0 Å². The quantitative estimate of drug-likeness (QED) is 0.727. The number of rotatable bonds is 6. The maximum absolute atomic E-state index is 11.6. The van der Waals surface area contributed by atoms with Crippen molar-refractivity contribution in [2.24, 2.45) is 0 Å². The highest BCUT2D eigenvalue weighted by molar-refractivity contribution is 7.88. The fraction of sp³-hybridized carbons (Fsp3) is 0.455. The lowest BCUT2D eigenvalue weighted by Crippen LogP contribution is -2.32. The molecule has 2 N–H and O–H groups in total. The third-order valence-electron chi connectivity index (χ3n) is 2.26. The van der Waals surface area contributed by atoms with Crippen molar-refractivity contribution in [2.75, 3.05) is 13.7 Å². The molecule has 0 aliphatic heterocycles. The van der Waals surface area contributed by atoms with Crippen molar-refractivity contribution in [1.29, 1.82) is 0 Å². The zero-order valence-corrected chi connectivity index (χ0v) is 10.5. The van der Waals surface area contributed by atoms with Crippen molar-refractivity contribution in [3.63, 3.8) is 0 Å². The Hall–Kier alpha value is -0.910. The van der Waals surface area contributed by atoms with Crippen LogP contribution in [0.25, 0.3) is 0 Å². The second-order valence-electron chi connectivity index (χ2n) is 3.60. The topological polar surface area (TPSA) is 58.2 Å². The zero-order valence-electron chi connectivity index (χ0n) is 9.66. The molecule has 4 nitrogen and oxygen atoms in total. The first-order valence-corrected chi connectivity index (χ1v) is 6.92. The largest absolute Gasteiger partial charge is 0.307 e. The Labute approximate surface area is 97.1 Å². The van der Waals surface area contributed by atoms with E-state index in [0.717, 1.165) is 12.0 Å². The fourth-order valence-electron chi connectivity index (χ4n) is 1.32. The normalized spacial score (nSPS) is 11.6. The van der Waals surface area contributed by atoms with Crippen LogP contribution in [0.15, 0.2) is 24.3 Å². The molecule has 0 atom stereocenters. The summed E-state index contributed by atoms with van der Waals surface area (Å²) in [6, 6.07) is 7.64. The first kappa shape index (κ1) is 13.2. The lowest BCUT2D eigenvalue weighted by molar-refractivity contribution is 0.576. The fourth-order valence-corrected chi connectivity index (χ4v) is 2.42. The van der Waals surface area contributed by atoms with Crippen molar-refractivity contribution >= 4 is 10.0 Å². The average molecular weight is 242 g/mol. The monoisotopic (exact) mass is 242 g/mol. The van der Waals surface area contributed by atoms with Crippen LogP contribution in [-0.2, 0) is 22.2 Å². The highest BCUT2D eigenvalue weighted by Crippen LogP contribution is 2.07. The van der Waals surface area contributed by atoms with Gasteiger partial charge in [-0.15, -0.1) is 0 Å². The molecule has 0 bridgehead atoms. The zero-order chi connectivity index (χ0) is 12.0. The Morgan fingerprint density at radius 1 is 1.12 bits per heavy atom. The summed E-state index contributed by atoms with van der Waals surface area (Å²) in [6.45, 7) is 2.33. The van der Waals surface area contributed by atoms with Gasteiger partial charge in [0.1, 0.15) is 0 Å². The van der Waals surface area contributed by atoms with E-state index >= 15 is 0 Å². The predicted octanol–water partition coefficient (Wildman–Crippen LogP) is 0.845. The molecule has 1 aromatic rings. The second kappa shape index (κ2) is 5.98. The summed E-state index contributed by atoms with van der Waals surface area (Å²) in [6.07, 6.45) is 0.963. The lowest BCUT2D eigenvalue weighted by atomic mass is 10.1. The van der Waals surface area contributed by atoms with Crippen LogP contribution in [0, 0.1) is 0 Å². The van der Waals surface area contributed by atoms with Gasteiger partial charge in [0.15, 0.2) is 0 Å². The third-order valence-corrected chi connectivity index (χ3v) is 3.55. The molecule has 16 heavy (non-hydrogen) atoms. The number of sulfonamides is 1. The number of hydrogen-bond donors (Lipinski definition) is 2. The van der Waals surface area contributed by atoms with Gasteiger partial charge in [0.25, 0.3) is 0 Å². The van der Waals surface area contributed by atoms with E-state index in [-0.39, 0.29) is 12.4 Å². The van der Waals surface area contributed by atoms with Crippen molar-refractivity contribution in [3.8, 4) is 0 Å². The summed E-state index contributed by atoms with van der Waals surface area (Å²) in [5, 5.41) is 2.74. The number of benzene rings is 1. The summed E-state index contributed by atoms with van der Waals surface area (Å²) in [5.41, 5.74) is 2.02. The second-order valence-corrected chi connectivity index (χ2v) is 5.41. The number of aryl methyl sites for hydroxylation is 1. The van der Waals surface area contributed by atoms with Gasteiger partial charge in [-0.3, -0.25) is 0 Å². The molecule has 1 rings (SSSR count). The van der Waals surface area contributed by atoms with E-state index in [1.54, 1.807) is 7.05 Å². The van der Waals surface area contributed by atoms with Crippen LogP contribution in [0.1, 0.15) is 18.1 Å². The molecule has 5 heteroatoms. The molecule has 0 saturated carbocycles. The van der Waals surface area contributed by atoms with Gasteiger partial charge in [-0.25, -0.2) is 13.1 Å². The molecule has 1 aromatic carbocycles. The molecule has 90 valence electrons. The molecule has 0 aromatic heterocycles. The van der Waals surface area contributed by atoms with E-state index in [0.29, 0.717) is 0 Å². The molecule has 0 saturated heterocycles. The summed E-state index contributed by atoms with van der Waals surface area (Å²) < 4.78 is 25.6. The van der Waals surface area contributed by atoms with E-state index in [4.69, 9.17) is 0 Å². The van der Waals surface area contributed by atoms with E-state index in [9.17, 15) is 8.42 Å². The van der Waals surface area contributed by atoms with Gasteiger partial charge in [0.05, 0.1) is 12.4 Å². The van der Waals surface area contributed by atoms with Gasteiger partial charge in [-0.1, -0.05) is 31.2 Å². The van der Waals surface area contributed by atoms with Crippen LogP contribution in [-0.4, -0.2) is 22.1 Å². The van der Waals surface area contributed by atoms with Crippen LogP contribution >= 0.6 is 0 Å². The van der Waals surface area contributed by atoms with Gasteiger partial charge < -0.3 is 5.32 Å². The maximum atomic E-state index is 11.6. The van der Waals surface area contributed by atoms with Crippen LogP contribution < -0.4 is 10.0 Å². The van der Waals surface area contributed by atoms with E-state index in [1.165, 1.54) is 5.56 Å². The minimum Gasteiger partial charge on any atom is -0.307 e. The highest BCUT2D eigenvalue weighted by Gasteiger charge is 2.09. The molecule has 0 aliphatic rings. The van der Waals surface area contributed by atoms with Gasteiger partial charge >= 0.3 is 0 Å². The average Bonchev–Trinajstić information content (AvgIpc) is 2.27. The molecular weight excluding hydrogens is 224 g/mol. The Morgan fingerprint density at radius 2 is 1.69 bits per heavy atom. The number of hydrogen-bond acceptors (Lipinski definition) is 3. The molecule has 0 spiro atoms. The van der Waals surface area contributed by atoms with Crippen LogP contribution in [0.2, 0.25) is 0 Å². The SMILES string of the molecule is CCc1ccc(CS(=O)(=O)NCNC)cc1. The summed E-state index contributed by atoms with van der Waals surface area (Å²) in [5.74, 6) is 0.0265. The van der Waals surface area contributed by atoms with E-state index in [1.807, 2.05) is 24.3 Å². The van der Waals surface area contributed by atoms with E-state index < -0.39 is 10.0 Å². The molecular formula is C11H18N2O2S. The smallest absolute Gasteiger partial charge is 0.216 e.